The van der Waals surface area contributed by atoms with Gasteiger partial charge >= 0.3 is 6.18 Å². The Hall–Kier alpha value is -0.810. The van der Waals surface area contributed by atoms with Crippen LogP contribution in [0.5, 0.6) is 0 Å². The van der Waals surface area contributed by atoms with Gasteiger partial charge < -0.3 is 5.32 Å². The van der Waals surface area contributed by atoms with E-state index in [-0.39, 0.29) is 17.9 Å². The van der Waals surface area contributed by atoms with Crippen molar-refractivity contribution >= 4 is 11.6 Å². The first-order chi connectivity index (χ1) is 8.83. The highest BCUT2D eigenvalue weighted by Gasteiger charge is 2.28. The summed E-state index contributed by atoms with van der Waals surface area (Å²) in [6.45, 7) is 2.33. The fourth-order valence-electron chi connectivity index (χ4n) is 1.87. The zero-order valence-corrected chi connectivity index (χ0v) is 11.3. The van der Waals surface area contributed by atoms with E-state index in [1.165, 1.54) is 6.07 Å². The van der Waals surface area contributed by atoms with Gasteiger partial charge in [0.2, 0.25) is 0 Å². The number of likely N-dealkylation sites (N-methyl/N-ethyl adjacent to an activating group) is 1. The predicted octanol–water partition coefficient (Wildman–Crippen LogP) is 4.34. The third-order valence-electron chi connectivity index (χ3n) is 2.77. The van der Waals surface area contributed by atoms with E-state index >= 15 is 0 Å². The summed E-state index contributed by atoms with van der Waals surface area (Å²) in [4.78, 5) is 0. The average molecular weight is 298 g/mol. The van der Waals surface area contributed by atoms with E-state index < -0.39 is 24.5 Å². The number of hydrogen-bond donors (Lipinski definition) is 1. The lowest BCUT2D eigenvalue weighted by molar-refractivity contribution is -0.136. The van der Waals surface area contributed by atoms with Crippen LogP contribution in [0, 0.1) is 5.82 Å². The maximum absolute atomic E-state index is 13.7. The van der Waals surface area contributed by atoms with Gasteiger partial charge in [-0.05, 0) is 31.0 Å². The molecule has 0 heterocycles. The highest BCUT2D eigenvalue weighted by Crippen LogP contribution is 2.24. The molecule has 0 aliphatic carbocycles. The van der Waals surface area contributed by atoms with Crippen molar-refractivity contribution in [2.75, 3.05) is 6.54 Å². The molecule has 0 radical (unpaired) electrons. The fraction of sp³-hybridized carbons (Fsp3) is 0.538. The summed E-state index contributed by atoms with van der Waals surface area (Å²) >= 11 is 5.65. The van der Waals surface area contributed by atoms with Gasteiger partial charge in [0.25, 0.3) is 0 Å². The zero-order chi connectivity index (χ0) is 14.5. The molecule has 0 spiro atoms. The van der Waals surface area contributed by atoms with Crippen molar-refractivity contribution in [3.8, 4) is 0 Å². The SMILES string of the molecule is CCNC(CCC(F)(F)F)Cc1cccc(Cl)c1F. The number of halogens is 5. The molecule has 0 aromatic heterocycles. The van der Waals surface area contributed by atoms with E-state index in [4.69, 9.17) is 11.6 Å². The number of alkyl halides is 3. The molecule has 0 saturated carbocycles. The lowest BCUT2D eigenvalue weighted by Gasteiger charge is -2.19. The van der Waals surface area contributed by atoms with E-state index in [1.54, 1.807) is 19.1 Å². The second-order valence-corrected chi connectivity index (χ2v) is 4.73. The van der Waals surface area contributed by atoms with Crippen LogP contribution >= 0.6 is 11.6 Å². The first-order valence-corrected chi connectivity index (χ1v) is 6.44. The van der Waals surface area contributed by atoms with E-state index in [0.717, 1.165) is 0 Å². The van der Waals surface area contributed by atoms with Gasteiger partial charge in [-0.2, -0.15) is 13.2 Å². The molecule has 1 rings (SSSR count). The second-order valence-electron chi connectivity index (χ2n) is 4.33. The first-order valence-electron chi connectivity index (χ1n) is 6.06. The molecule has 1 N–H and O–H groups in total. The minimum Gasteiger partial charge on any atom is -0.314 e. The minimum absolute atomic E-state index is 0.0106. The minimum atomic E-state index is -4.19. The number of hydrogen-bond acceptors (Lipinski definition) is 1. The summed E-state index contributed by atoms with van der Waals surface area (Å²) in [5.74, 6) is -0.556. The Morgan fingerprint density at radius 3 is 2.58 bits per heavy atom. The van der Waals surface area contributed by atoms with Crippen LogP contribution < -0.4 is 5.32 Å². The van der Waals surface area contributed by atoms with Crippen LogP contribution in [0.3, 0.4) is 0 Å². The molecular formula is C13H16ClF4N. The van der Waals surface area contributed by atoms with Gasteiger partial charge in [0.05, 0.1) is 5.02 Å². The van der Waals surface area contributed by atoms with E-state index in [1.807, 2.05) is 0 Å². The molecule has 0 aliphatic rings. The molecule has 1 unspecified atom stereocenters. The third kappa shape index (κ3) is 5.78. The van der Waals surface area contributed by atoms with Crippen LogP contribution in [0.25, 0.3) is 0 Å². The van der Waals surface area contributed by atoms with Crippen molar-refractivity contribution < 1.29 is 17.6 Å². The smallest absolute Gasteiger partial charge is 0.314 e. The molecule has 0 fully saturated rings. The molecule has 0 bridgehead atoms. The maximum atomic E-state index is 13.7. The molecule has 1 atom stereocenters. The van der Waals surface area contributed by atoms with Crippen molar-refractivity contribution in [3.63, 3.8) is 0 Å². The fourth-order valence-corrected chi connectivity index (χ4v) is 2.07. The Morgan fingerprint density at radius 2 is 2.00 bits per heavy atom. The molecule has 1 aromatic rings. The molecular weight excluding hydrogens is 282 g/mol. The standard InChI is InChI=1S/C13H16ClF4N/c1-2-19-10(6-7-13(16,17)18)8-9-4-3-5-11(14)12(9)15/h3-5,10,19H,2,6-8H2,1H3. The van der Waals surface area contributed by atoms with Gasteiger partial charge in [-0.1, -0.05) is 30.7 Å². The normalized spacial score (nSPS) is 13.6. The molecule has 108 valence electrons. The van der Waals surface area contributed by atoms with E-state index in [9.17, 15) is 17.6 Å². The largest absolute Gasteiger partial charge is 0.389 e. The van der Waals surface area contributed by atoms with Crippen LogP contribution in [-0.2, 0) is 6.42 Å². The van der Waals surface area contributed by atoms with Gasteiger partial charge in [-0.25, -0.2) is 4.39 Å². The number of rotatable bonds is 6. The second kappa shape index (κ2) is 7.10. The average Bonchev–Trinajstić information content (AvgIpc) is 2.31. The van der Waals surface area contributed by atoms with Crippen molar-refractivity contribution in [1.82, 2.24) is 5.32 Å². The van der Waals surface area contributed by atoms with E-state index in [0.29, 0.717) is 12.1 Å². The molecule has 0 saturated heterocycles. The Labute approximate surface area is 115 Å². The van der Waals surface area contributed by atoms with Crippen molar-refractivity contribution in [2.45, 2.75) is 38.4 Å². The highest BCUT2D eigenvalue weighted by atomic mass is 35.5. The third-order valence-corrected chi connectivity index (χ3v) is 3.06. The lowest BCUT2D eigenvalue weighted by atomic mass is 10.0. The number of benzene rings is 1. The Bertz CT molecular complexity index is 406. The molecule has 1 aromatic carbocycles. The number of nitrogens with one attached hydrogen (secondary N) is 1. The van der Waals surface area contributed by atoms with Gasteiger partial charge in [0, 0.05) is 12.5 Å². The predicted molar refractivity (Wildman–Crippen MR) is 67.9 cm³/mol. The monoisotopic (exact) mass is 297 g/mol. The van der Waals surface area contributed by atoms with Gasteiger partial charge in [-0.15, -0.1) is 0 Å². The summed E-state index contributed by atoms with van der Waals surface area (Å²) in [6.07, 6.45) is -4.97. The quantitative estimate of drug-likeness (QED) is 0.770. The maximum Gasteiger partial charge on any atom is 0.389 e. The zero-order valence-electron chi connectivity index (χ0n) is 10.5. The van der Waals surface area contributed by atoms with Crippen LogP contribution in [-0.4, -0.2) is 18.8 Å². The Morgan fingerprint density at radius 1 is 1.32 bits per heavy atom. The van der Waals surface area contributed by atoms with E-state index in [2.05, 4.69) is 5.32 Å². The summed E-state index contributed by atoms with van der Waals surface area (Å²) in [6, 6.07) is 4.13. The Kier molecular flexibility index (Phi) is 6.07. The van der Waals surface area contributed by atoms with Gasteiger partial charge in [0.15, 0.2) is 0 Å². The molecule has 19 heavy (non-hydrogen) atoms. The lowest BCUT2D eigenvalue weighted by Crippen LogP contribution is -2.32. The topological polar surface area (TPSA) is 12.0 Å². The van der Waals surface area contributed by atoms with Crippen LogP contribution in [0.2, 0.25) is 5.02 Å². The first kappa shape index (κ1) is 16.2. The van der Waals surface area contributed by atoms with Crippen LogP contribution in [0.1, 0.15) is 25.3 Å². The van der Waals surface area contributed by atoms with Crippen LogP contribution in [0.4, 0.5) is 17.6 Å². The van der Waals surface area contributed by atoms with Crippen molar-refractivity contribution in [2.24, 2.45) is 0 Å². The molecule has 0 aliphatic heterocycles. The molecule has 0 amide bonds. The van der Waals surface area contributed by atoms with Crippen LogP contribution in [0.15, 0.2) is 18.2 Å². The Balaban J connectivity index is 2.70. The molecule has 6 heteroatoms. The summed E-state index contributed by atoms with van der Waals surface area (Å²) in [7, 11) is 0. The van der Waals surface area contributed by atoms with Crippen molar-refractivity contribution in [1.29, 1.82) is 0 Å². The summed E-state index contributed by atoms with van der Waals surface area (Å²) in [5.41, 5.74) is 0.334. The summed E-state index contributed by atoms with van der Waals surface area (Å²) < 4.78 is 50.3. The van der Waals surface area contributed by atoms with Gasteiger partial charge in [0.1, 0.15) is 5.82 Å². The highest BCUT2D eigenvalue weighted by molar-refractivity contribution is 6.30. The molecule has 1 nitrogen and oxygen atoms in total. The summed E-state index contributed by atoms with van der Waals surface area (Å²) in [5, 5.41) is 2.93. The van der Waals surface area contributed by atoms with Gasteiger partial charge in [-0.3, -0.25) is 0 Å². The van der Waals surface area contributed by atoms with Crippen molar-refractivity contribution in [3.05, 3.63) is 34.6 Å².